The largest absolute Gasteiger partial charge is 0.463 e. The van der Waals surface area contributed by atoms with Crippen molar-refractivity contribution in [3.63, 3.8) is 0 Å². The van der Waals surface area contributed by atoms with E-state index < -0.39 is 7.37 Å². The first-order valence-corrected chi connectivity index (χ1v) is 12.7. The predicted molar refractivity (Wildman–Crippen MR) is 107 cm³/mol. The van der Waals surface area contributed by atoms with Gasteiger partial charge in [-0.05, 0) is 51.4 Å². The van der Waals surface area contributed by atoms with Gasteiger partial charge in [0.25, 0.3) is 0 Å². The Morgan fingerprint density at radius 2 is 1.58 bits per heavy atom. The number of carbonyl (C=O) groups is 1. The van der Waals surface area contributed by atoms with Gasteiger partial charge in [0.05, 0.1) is 19.4 Å². The number of carbonyl (C=O) groups excluding carboxylic acids is 1. The Kier molecular flexibility index (Phi) is 9.42. The summed E-state index contributed by atoms with van der Waals surface area (Å²) in [6, 6.07) is 0. The second-order valence-corrected chi connectivity index (χ2v) is 10.5. The van der Waals surface area contributed by atoms with E-state index in [1.807, 2.05) is 13.8 Å². The number of rotatable bonds is 9. The zero-order valence-electron chi connectivity index (χ0n) is 16.7. The van der Waals surface area contributed by atoms with Crippen LogP contribution in [0.15, 0.2) is 11.6 Å². The Bertz CT molecular complexity index is 502. The molecule has 0 spiro atoms. The highest BCUT2D eigenvalue weighted by molar-refractivity contribution is 7.59. The van der Waals surface area contributed by atoms with E-state index in [1.165, 1.54) is 38.5 Å². The van der Waals surface area contributed by atoms with Gasteiger partial charge >= 0.3 is 5.97 Å². The van der Waals surface area contributed by atoms with E-state index in [-0.39, 0.29) is 12.1 Å². The maximum Gasteiger partial charge on any atom is 0.334 e. The quantitative estimate of drug-likeness (QED) is 0.280. The molecule has 2 aliphatic rings. The molecule has 2 rings (SSSR count). The average Bonchev–Trinajstić information content (AvgIpc) is 2.63. The van der Waals surface area contributed by atoms with Crippen LogP contribution in [0.25, 0.3) is 0 Å². The van der Waals surface area contributed by atoms with Crippen molar-refractivity contribution in [3.8, 4) is 0 Å². The summed E-state index contributed by atoms with van der Waals surface area (Å²) in [6.45, 7) is 4.49. The third-order valence-corrected chi connectivity index (χ3v) is 8.29. The molecule has 1 atom stereocenters. The highest BCUT2D eigenvalue weighted by atomic mass is 31.2. The van der Waals surface area contributed by atoms with Crippen LogP contribution in [0.2, 0.25) is 0 Å². The van der Waals surface area contributed by atoms with Crippen LogP contribution in [-0.2, 0) is 18.6 Å². The highest BCUT2D eigenvalue weighted by Crippen LogP contribution is 2.52. The number of allylic oxidation sites excluding steroid dienone is 1. The summed E-state index contributed by atoms with van der Waals surface area (Å²) in [4.78, 5) is 12.5. The summed E-state index contributed by atoms with van der Waals surface area (Å²) in [6.07, 6.45) is 14.8. The molecule has 0 aromatic rings. The lowest BCUT2D eigenvalue weighted by molar-refractivity contribution is -0.138. The van der Waals surface area contributed by atoms with E-state index >= 15 is 0 Å². The molecule has 26 heavy (non-hydrogen) atoms. The van der Waals surface area contributed by atoms with Gasteiger partial charge in [-0.25, -0.2) is 4.79 Å². The fourth-order valence-electron chi connectivity index (χ4n) is 4.42. The van der Waals surface area contributed by atoms with Crippen molar-refractivity contribution in [3.05, 3.63) is 11.6 Å². The zero-order chi connectivity index (χ0) is 18.8. The van der Waals surface area contributed by atoms with Gasteiger partial charge in [0.1, 0.15) is 0 Å². The molecule has 0 aliphatic heterocycles. The summed E-state index contributed by atoms with van der Waals surface area (Å²) in [5.74, 6) is 0.578. The molecule has 0 amide bonds. The van der Waals surface area contributed by atoms with E-state index in [1.54, 1.807) is 0 Å². The van der Waals surface area contributed by atoms with Crippen LogP contribution in [0.5, 0.6) is 0 Å². The molecule has 2 fully saturated rings. The number of hydrogen-bond donors (Lipinski definition) is 0. The molecule has 0 radical (unpaired) electrons. The molecule has 5 heteroatoms. The lowest BCUT2D eigenvalue weighted by atomic mass is 9.88. The molecule has 150 valence electrons. The molecule has 0 aromatic heterocycles. The first-order valence-electron chi connectivity index (χ1n) is 10.7. The van der Waals surface area contributed by atoms with Gasteiger partial charge < -0.3 is 9.26 Å². The van der Waals surface area contributed by atoms with Crippen LogP contribution in [0.1, 0.15) is 78.1 Å². The second kappa shape index (κ2) is 11.3. The molecule has 4 nitrogen and oxygen atoms in total. The molecule has 0 bridgehead atoms. The molecule has 0 N–H and O–H groups in total. The van der Waals surface area contributed by atoms with Crippen molar-refractivity contribution in [1.82, 2.24) is 0 Å². The zero-order valence-corrected chi connectivity index (χ0v) is 17.6. The van der Waals surface area contributed by atoms with Crippen LogP contribution >= 0.6 is 7.37 Å². The van der Waals surface area contributed by atoms with Crippen molar-refractivity contribution in [1.29, 1.82) is 0 Å². The standard InChI is InChI=1S/C21H37O4P/c1-3-24-21(22)20(15-18-11-7-5-8-12-18)17-26(23,25-4-2)16-19-13-9-6-10-14-19/h15,18-19H,3-14,16-17H2,1-2H3/b20-15+. The minimum Gasteiger partial charge on any atom is -0.463 e. The monoisotopic (exact) mass is 384 g/mol. The van der Waals surface area contributed by atoms with Crippen molar-refractivity contribution < 1.29 is 18.6 Å². The van der Waals surface area contributed by atoms with Crippen molar-refractivity contribution >= 4 is 13.3 Å². The van der Waals surface area contributed by atoms with Crippen LogP contribution < -0.4 is 0 Å². The van der Waals surface area contributed by atoms with Crippen LogP contribution in [-0.4, -0.2) is 31.5 Å². The Morgan fingerprint density at radius 1 is 0.962 bits per heavy atom. The molecule has 1 unspecified atom stereocenters. The van der Waals surface area contributed by atoms with Gasteiger partial charge in [0, 0.05) is 11.7 Å². The fourth-order valence-corrected chi connectivity index (χ4v) is 7.12. The lowest BCUT2D eigenvalue weighted by Gasteiger charge is -2.27. The Morgan fingerprint density at radius 3 is 2.15 bits per heavy atom. The number of hydrogen-bond acceptors (Lipinski definition) is 4. The number of esters is 1. The average molecular weight is 384 g/mol. The normalized spacial score (nSPS) is 22.8. The molecule has 2 saturated carbocycles. The van der Waals surface area contributed by atoms with Crippen molar-refractivity contribution in [2.75, 3.05) is 25.5 Å². The van der Waals surface area contributed by atoms with Gasteiger partial charge in [-0.3, -0.25) is 4.57 Å². The van der Waals surface area contributed by atoms with Crippen LogP contribution in [0.4, 0.5) is 0 Å². The molecule has 0 saturated heterocycles. The van der Waals surface area contributed by atoms with Crippen LogP contribution in [0, 0.1) is 11.8 Å². The first-order chi connectivity index (χ1) is 12.6. The van der Waals surface area contributed by atoms with Gasteiger partial charge in [-0.15, -0.1) is 0 Å². The molecule has 0 aromatic carbocycles. The van der Waals surface area contributed by atoms with Gasteiger partial charge in [-0.2, -0.15) is 0 Å². The third-order valence-electron chi connectivity index (χ3n) is 5.66. The maximum absolute atomic E-state index is 13.6. The van der Waals surface area contributed by atoms with E-state index in [2.05, 4.69) is 6.08 Å². The van der Waals surface area contributed by atoms with Crippen molar-refractivity contribution in [2.45, 2.75) is 78.1 Å². The highest BCUT2D eigenvalue weighted by Gasteiger charge is 2.32. The van der Waals surface area contributed by atoms with E-state index in [0.29, 0.717) is 36.8 Å². The summed E-state index contributed by atoms with van der Waals surface area (Å²) in [5, 5.41) is 0. The SMILES string of the molecule is CCOC(=O)/C(=C/C1CCCCC1)CP(=O)(CC1CCCCC1)OCC. The Balaban J connectivity index is 2.13. The summed E-state index contributed by atoms with van der Waals surface area (Å²) >= 11 is 0. The molecule has 0 heterocycles. The smallest absolute Gasteiger partial charge is 0.334 e. The van der Waals surface area contributed by atoms with Crippen molar-refractivity contribution in [2.24, 2.45) is 11.8 Å². The third kappa shape index (κ3) is 7.19. The minimum atomic E-state index is -2.86. The van der Waals surface area contributed by atoms with Gasteiger partial charge in [0.15, 0.2) is 0 Å². The minimum absolute atomic E-state index is 0.243. The first kappa shape index (κ1) is 21.7. The summed E-state index contributed by atoms with van der Waals surface area (Å²) in [7, 11) is -2.86. The van der Waals surface area contributed by atoms with Crippen LogP contribution in [0.3, 0.4) is 0 Å². The number of ether oxygens (including phenoxy) is 1. The second-order valence-electron chi connectivity index (χ2n) is 7.89. The van der Waals surface area contributed by atoms with Gasteiger partial charge in [0.2, 0.25) is 7.37 Å². The van der Waals surface area contributed by atoms with E-state index in [0.717, 1.165) is 25.7 Å². The van der Waals surface area contributed by atoms with Gasteiger partial charge in [-0.1, -0.05) is 44.6 Å². The Hall–Kier alpha value is -0.600. The fraction of sp³-hybridized carbons (Fsp3) is 0.857. The van der Waals surface area contributed by atoms with E-state index in [9.17, 15) is 9.36 Å². The summed E-state index contributed by atoms with van der Waals surface area (Å²) < 4.78 is 24.6. The topological polar surface area (TPSA) is 52.6 Å². The predicted octanol–water partition coefficient (Wildman–Crippen LogP) is 5.95. The summed E-state index contributed by atoms with van der Waals surface area (Å²) in [5.41, 5.74) is 0.589. The van der Waals surface area contributed by atoms with E-state index in [4.69, 9.17) is 9.26 Å². The molecule has 2 aliphatic carbocycles. The Labute approximate surface area is 159 Å². The lowest BCUT2D eigenvalue weighted by Crippen LogP contribution is -2.18. The molecular formula is C21H37O4P. The maximum atomic E-state index is 13.6. The molecular weight excluding hydrogens is 347 g/mol.